The van der Waals surface area contributed by atoms with Gasteiger partial charge < -0.3 is 26.6 Å². The Morgan fingerprint density at radius 1 is 1.02 bits per heavy atom. The molecule has 1 saturated heterocycles. The van der Waals surface area contributed by atoms with Gasteiger partial charge in [0, 0.05) is 12.3 Å². The number of nitrogens with one attached hydrogen (secondary N) is 3. The van der Waals surface area contributed by atoms with Crippen molar-refractivity contribution in [2.75, 3.05) is 24.6 Å². The van der Waals surface area contributed by atoms with Crippen LogP contribution >= 0.6 is 0 Å². The summed E-state index contributed by atoms with van der Waals surface area (Å²) in [5, 5.41) is 8.81. The molecular weight excluding hydrogens is 570 g/mol. The molecular formula is C31H53N5O6S. The Morgan fingerprint density at radius 3 is 2.19 bits per heavy atom. The first-order valence-corrected chi connectivity index (χ1v) is 17.9. The van der Waals surface area contributed by atoms with Crippen molar-refractivity contribution in [2.45, 2.75) is 117 Å². The van der Waals surface area contributed by atoms with Crippen LogP contribution in [-0.2, 0) is 24.2 Å². The van der Waals surface area contributed by atoms with Crippen LogP contribution in [-0.4, -0.2) is 85.2 Å². The minimum absolute atomic E-state index is 0.00334. The summed E-state index contributed by atoms with van der Waals surface area (Å²) in [6.07, 6.45) is 6.36. The lowest BCUT2D eigenvalue weighted by Crippen LogP contribution is -2.63. The Hall–Kier alpha value is -2.21. The summed E-state index contributed by atoms with van der Waals surface area (Å²) in [6.45, 7) is 11.6. The van der Waals surface area contributed by atoms with E-state index in [0.717, 1.165) is 32.1 Å². The minimum atomic E-state index is -3.35. The van der Waals surface area contributed by atoms with Crippen LogP contribution in [0.2, 0.25) is 0 Å². The maximum atomic E-state index is 14.3. The molecule has 3 saturated carbocycles. The zero-order chi connectivity index (χ0) is 32.0. The largest absolute Gasteiger partial charge is 0.344 e. The summed E-state index contributed by atoms with van der Waals surface area (Å²) in [7, 11) is -3.35. The number of fused-ring (bicyclic) bond motifs is 1. The highest BCUT2D eigenvalue weighted by Gasteiger charge is 2.70. The molecule has 0 aromatic rings. The zero-order valence-electron chi connectivity index (χ0n) is 26.8. The van der Waals surface area contributed by atoms with Crippen LogP contribution < -0.4 is 21.7 Å². The average Bonchev–Trinajstić information content (AvgIpc) is 3.77. The standard InChI is InChI=1S/C31H53N5O6S/c1-7-43(41,42)18-31(13-9-8-10-14-31)35-28(40)34-25(29(2,3)4)27(39)36-17-20-23(30(20,5)6)24(36)26(38)33-21(22(37)16-32)15-19-11-12-19/h19-21,23-25H,7-18,32H2,1-6H3,(H,33,38)(H2,34,35,40)/t20?,21?,23-,24-,25+/m0/s1. The van der Waals surface area contributed by atoms with Gasteiger partial charge in [0.1, 0.15) is 12.1 Å². The van der Waals surface area contributed by atoms with Gasteiger partial charge in [0.25, 0.3) is 0 Å². The number of ketones is 1. The molecule has 5 atom stereocenters. The molecule has 2 unspecified atom stereocenters. The number of carbonyl (C=O) groups is 4. The van der Waals surface area contributed by atoms with Crippen molar-refractivity contribution < 1.29 is 27.6 Å². The lowest BCUT2D eigenvalue weighted by molar-refractivity contribution is -0.144. The van der Waals surface area contributed by atoms with E-state index in [9.17, 15) is 27.6 Å². The quantitative estimate of drug-likeness (QED) is 0.258. The number of Topliss-reactive ketones (excluding diaryl/α,β-unsaturated/α-hetero) is 1. The summed E-state index contributed by atoms with van der Waals surface area (Å²) in [5.74, 6) is -0.556. The number of sulfone groups is 1. The fraction of sp³-hybridized carbons (Fsp3) is 0.871. The molecule has 4 fully saturated rings. The second-order valence-electron chi connectivity index (χ2n) is 15.2. The van der Waals surface area contributed by atoms with E-state index in [2.05, 4.69) is 29.8 Å². The van der Waals surface area contributed by atoms with Gasteiger partial charge in [0.05, 0.1) is 23.9 Å². The number of nitrogens with two attached hydrogens (primary N) is 1. The molecule has 43 heavy (non-hydrogen) atoms. The van der Waals surface area contributed by atoms with Gasteiger partial charge in [-0.15, -0.1) is 0 Å². The molecule has 1 aliphatic heterocycles. The van der Waals surface area contributed by atoms with Gasteiger partial charge in [-0.2, -0.15) is 0 Å². The van der Waals surface area contributed by atoms with Crippen LogP contribution in [0, 0.1) is 28.6 Å². The van der Waals surface area contributed by atoms with Gasteiger partial charge in [-0.25, -0.2) is 13.2 Å². The minimum Gasteiger partial charge on any atom is -0.344 e. The van der Waals surface area contributed by atoms with Gasteiger partial charge in [-0.3, -0.25) is 14.4 Å². The van der Waals surface area contributed by atoms with Crippen molar-refractivity contribution in [3.63, 3.8) is 0 Å². The predicted octanol–water partition coefficient (Wildman–Crippen LogP) is 2.13. The number of nitrogens with zero attached hydrogens (tertiary/aromatic N) is 1. The first kappa shape index (κ1) is 33.7. The maximum Gasteiger partial charge on any atom is 0.315 e. The van der Waals surface area contributed by atoms with Crippen LogP contribution in [0.5, 0.6) is 0 Å². The summed E-state index contributed by atoms with van der Waals surface area (Å²) < 4.78 is 25.2. The molecule has 0 radical (unpaired) electrons. The van der Waals surface area contributed by atoms with E-state index in [0.29, 0.717) is 31.7 Å². The van der Waals surface area contributed by atoms with E-state index in [1.807, 2.05) is 20.8 Å². The number of rotatable bonds is 12. The Balaban J connectivity index is 1.53. The van der Waals surface area contributed by atoms with E-state index in [-0.39, 0.29) is 52.9 Å². The number of hydrogen-bond acceptors (Lipinski definition) is 7. The fourth-order valence-electron chi connectivity index (χ4n) is 7.45. The number of carbonyl (C=O) groups excluding carboxylic acids is 4. The third-order valence-electron chi connectivity index (χ3n) is 10.4. The SMILES string of the molecule is CCS(=O)(=O)CC1(NC(=O)N[C@H](C(=O)N2CC3[C@@H]([C@H]2C(=O)NC(CC2CC2)C(=O)CN)C3(C)C)C(C)(C)C)CCCCC1. The second-order valence-corrected chi connectivity index (χ2v) is 17.6. The number of likely N-dealkylation sites (tertiary alicyclic amines) is 1. The van der Waals surface area contributed by atoms with E-state index in [4.69, 9.17) is 5.73 Å². The maximum absolute atomic E-state index is 14.3. The second kappa shape index (κ2) is 12.3. The molecule has 0 aromatic carbocycles. The van der Waals surface area contributed by atoms with Gasteiger partial charge in [0.15, 0.2) is 15.6 Å². The number of piperidine rings is 1. The van der Waals surface area contributed by atoms with E-state index in [1.165, 1.54) is 0 Å². The van der Waals surface area contributed by atoms with Crippen molar-refractivity contribution in [3.05, 3.63) is 0 Å². The zero-order valence-corrected chi connectivity index (χ0v) is 27.6. The van der Waals surface area contributed by atoms with Crippen molar-refractivity contribution in [1.82, 2.24) is 20.9 Å². The topological polar surface area (TPSA) is 168 Å². The fourth-order valence-corrected chi connectivity index (χ4v) is 8.86. The molecule has 11 nitrogen and oxygen atoms in total. The summed E-state index contributed by atoms with van der Waals surface area (Å²) in [5.41, 5.74) is 3.96. The van der Waals surface area contributed by atoms with Crippen molar-refractivity contribution in [1.29, 1.82) is 0 Å². The van der Waals surface area contributed by atoms with Crippen molar-refractivity contribution in [2.24, 2.45) is 34.3 Å². The number of urea groups is 1. The highest BCUT2D eigenvalue weighted by atomic mass is 32.2. The van der Waals surface area contributed by atoms with Gasteiger partial charge in [-0.05, 0) is 47.8 Å². The molecule has 12 heteroatoms. The van der Waals surface area contributed by atoms with Crippen molar-refractivity contribution >= 4 is 33.5 Å². The number of amides is 4. The lowest BCUT2D eigenvalue weighted by atomic mass is 9.83. The van der Waals surface area contributed by atoms with Gasteiger partial charge in [-0.1, -0.05) is 73.6 Å². The molecule has 4 aliphatic rings. The van der Waals surface area contributed by atoms with Crippen molar-refractivity contribution in [3.8, 4) is 0 Å². The van der Waals surface area contributed by atoms with E-state index < -0.39 is 44.9 Å². The van der Waals surface area contributed by atoms with E-state index >= 15 is 0 Å². The Kier molecular flexibility index (Phi) is 9.63. The lowest BCUT2D eigenvalue weighted by Gasteiger charge is -2.40. The third kappa shape index (κ3) is 7.54. The van der Waals surface area contributed by atoms with Gasteiger partial charge >= 0.3 is 6.03 Å². The molecule has 0 bridgehead atoms. The van der Waals surface area contributed by atoms with Crippen LogP contribution in [0.1, 0.15) is 92.9 Å². The summed E-state index contributed by atoms with van der Waals surface area (Å²) >= 11 is 0. The Bertz CT molecular complexity index is 1200. The molecule has 3 aliphatic carbocycles. The molecule has 4 amide bonds. The normalized spacial score (nSPS) is 27.4. The van der Waals surface area contributed by atoms with Crippen LogP contribution in [0.25, 0.3) is 0 Å². The Morgan fingerprint density at radius 2 is 1.65 bits per heavy atom. The summed E-state index contributed by atoms with van der Waals surface area (Å²) in [4.78, 5) is 55.8. The first-order valence-electron chi connectivity index (χ1n) is 16.1. The van der Waals surface area contributed by atoms with Crippen LogP contribution in [0.4, 0.5) is 4.79 Å². The van der Waals surface area contributed by atoms with Gasteiger partial charge in [0.2, 0.25) is 11.8 Å². The smallest absolute Gasteiger partial charge is 0.315 e. The highest BCUT2D eigenvalue weighted by molar-refractivity contribution is 7.91. The summed E-state index contributed by atoms with van der Waals surface area (Å²) in [6, 6.07) is -2.96. The third-order valence-corrected chi connectivity index (χ3v) is 12.3. The molecule has 0 aromatic heterocycles. The predicted molar refractivity (Wildman–Crippen MR) is 165 cm³/mol. The highest BCUT2D eigenvalue weighted by Crippen LogP contribution is 2.65. The molecule has 5 N–H and O–H groups in total. The molecule has 4 rings (SSSR count). The molecule has 0 spiro atoms. The van der Waals surface area contributed by atoms with Crippen LogP contribution in [0.3, 0.4) is 0 Å². The van der Waals surface area contributed by atoms with Crippen LogP contribution in [0.15, 0.2) is 0 Å². The molecule has 244 valence electrons. The van der Waals surface area contributed by atoms with E-state index in [1.54, 1.807) is 11.8 Å². The monoisotopic (exact) mass is 623 g/mol. The average molecular weight is 624 g/mol. The number of hydrogen-bond donors (Lipinski definition) is 4. The molecule has 1 heterocycles. The first-order chi connectivity index (χ1) is 19.9. The Labute approximate surface area is 257 Å².